The Bertz CT molecular complexity index is 839. The molecule has 0 bridgehead atoms. The van der Waals surface area contributed by atoms with E-state index in [1.54, 1.807) is 18.2 Å². The number of benzene rings is 1. The lowest BCUT2D eigenvalue weighted by Gasteiger charge is -2.36. The summed E-state index contributed by atoms with van der Waals surface area (Å²) in [5.41, 5.74) is 1.20. The molecule has 2 amide bonds. The number of sulfone groups is 1. The second-order valence-corrected chi connectivity index (χ2v) is 8.89. The second kappa shape index (κ2) is 7.86. The van der Waals surface area contributed by atoms with E-state index in [0.717, 1.165) is 6.26 Å². The SMILES string of the molecule is C=C1CN(C(=O)/C=C/c2ccc(S(C)(=O)=O)cc2)C(CC(C)C)C(=O)N1. The molecule has 1 aromatic carbocycles. The molecular formula is C19H24N2O4S. The summed E-state index contributed by atoms with van der Waals surface area (Å²) in [5.74, 6) is -0.229. The van der Waals surface area contributed by atoms with E-state index in [1.807, 2.05) is 13.8 Å². The number of nitrogens with zero attached hydrogens (tertiary/aromatic N) is 1. The third kappa shape index (κ3) is 5.05. The van der Waals surface area contributed by atoms with Gasteiger partial charge in [0.05, 0.1) is 11.4 Å². The van der Waals surface area contributed by atoms with Crippen molar-refractivity contribution in [3.05, 3.63) is 48.2 Å². The normalized spacial score (nSPS) is 18.5. The van der Waals surface area contributed by atoms with E-state index in [4.69, 9.17) is 0 Å². The second-order valence-electron chi connectivity index (χ2n) is 6.88. The topological polar surface area (TPSA) is 83.6 Å². The van der Waals surface area contributed by atoms with Gasteiger partial charge in [0.2, 0.25) is 11.8 Å². The summed E-state index contributed by atoms with van der Waals surface area (Å²) in [6.07, 6.45) is 4.72. The Morgan fingerprint density at radius 3 is 2.50 bits per heavy atom. The Hall–Kier alpha value is -2.41. The van der Waals surface area contributed by atoms with Crippen LogP contribution in [-0.4, -0.2) is 44.0 Å². The molecule has 2 rings (SSSR count). The summed E-state index contributed by atoms with van der Waals surface area (Å²) in [6, 6.07) is 5.74. The number of amides is 2. The summed E-state index contributed by atoms with van der Waals surface area (Å²) in [4.78, 5) is 26.6. The van der Waals surface area contributed by atoms with Gasteiger partial charge < -0.3 is 10.2 Å². The number of carbonyl (C=O) groups is 2. The quantitative estimate of drug-likeness (QED) is 0.797. The molecule has 1 unspecified atom stereocenters. The van der Waals surface area contributed by atoms with Gasteiger partial charge in [-0.3, -0.25) is 9.59 Å². The third-order valence-corrected chi connectivity index (χ3v) is 5.17. The van der Waals surface area contributed by atoms with E-state index in [0.29, 0.717) is 17.7 Å². The summed E-state index contributed by atoms with van der Waals surface area (Å²) in [7, 11) is -3.25. The van der Waals surface area contributed by atoms with E-state index < -0.39 is 15.9 Å². The highest BCUT2D eigenvalue weighted by Crippen LogP contribution is 2.18. The maximum Gasteiger partial charge on any atom is 0.247 e. The Morgan fingerprint density at radius 1 is 1.35 bits per heavy atom. The largest absolute Gasteiger partial charge is 0.327 e. The number of nitrogens with one attached hydrogen (secondary N) is 1. The number of piperazine rings is 1. The minimum absolute atomic E-state index is 0.214. The van der Waals surface area contributed by atoms with Crippen LogP contribution in [0.2, 0.25) is 0 Å². The molecule has 1 heterocycles. The van der Waals surface area contributed by atoms with Crippen LogP contribution < -0.4 is 5.32 Å². The lowest BCUT2D eigenvalue weighted by molar-refractivity contribution is -0.139. The highest BCUT2D eigenvalue weighted by atomic mass is 32.2. The van der Waals surface area contributed by atoms with Crippen LogP contribution >= 0.6 is 0 Å². The van der Waals surface area contributed by atoms with Crippen LogP contribution in [0.4, 0.5) is 0 Å². The van der Waals surface area contributed by atoms with Crippen molar-refractivity contribution in [1.29, 1.82) is 0 Å². The monoisotopic (exact) mass is 376 g/mol. The Kier molecular flexibility index (Phi) is 6.02. The molecule has 0 aliphatic carbocycles. The zero-order chi connectivity index (χ0) is 19.5. The van der Waals surface area contributed by atoms with Gasteiger partial charge in [-0.2, -0.15) is 0 Å². The molecule has 7 heteroatoms. The zero-order valence-corrected chi connectivity index (χ0v) is 16.0. The van der Waals surface area contributed by atoms with Gasteiger partial charge in [0.15, 0.2) is 9.84 Å². The molecule has 26 heavy (non-hydrogen) atoms. The van der Waals surface area contributed by atoms with Gasteiger partial charge in [-0.05, 0) is 36.1 Å². The fourth-order valence-electron chi connectivity index (χ4n) is 2.76. The molecule has 0 radical (unpaired) electrons. The Morgan fingerprint density at radius 2 is 1.96 bits per heavy atom. The standard InChI is InChI=1S/C19H24N2O4S/c1-13(2)11-17-19(23)20-14(3)12-21(17)18(22)10-7-15-5-8-16(9-6-15)26(4,24)25/h5-10,13,17H,3,11-12H2,1-2,4H3,(H,20,23)/b10-7+. The molecule has 0 aromatic heterocycles. The minimum atomic E-state index is -3.25. The lowest BCUT2D eigenvalue weighted by atomic mass is 9.99. The van der Waals surface area contributed by atoms with E-state index >= 15 is 0 Å². The van der Waals surface area contributed by atoms with E-state index in [2.05, 4.69) is 11.9 Å². The molecule has 1 aliphatic heterocycles. The van der Waals surface area contributed by atoms with Gasteiger partial charge in [-0.1, -0.05) is 32.6 Å². The van der Waals surface area contributed by atoms with Crippen LogP contribution in [0, 0.1) is 5.92 Å². The fourth-order valence-corrected chi connectivity index (χ4v) is 3.39. The third-order valence-electron chi connectivity index (χ3n) is 4.04. The van der Waals surface area contributed by atoms with Crippen LogP contribution in [0.5, 0.6) is 0 Å². The Balaban J connectivity index is 2.16. The highest BCUT2D eigenvalue weighted by molar-refractivity contribution is 7.90. The van der Waals surface area contributed by atoms with Crippen molar-refractivity contribution < 1.29 is 18.0 Å². The zero-order valence-electron chi connectivity index (χ0n) is 15.2. The van der Waals surface area contributed by atoms with Crippen LogP contribution in [0.25, 0.3) is 6.08 Å². The van der Waals surface area contributed by atoms with Crippen LogP contribution in [0.15, 0.2) is 47.5 Å². The van der Waals surface area contributed by atoms with Gasteiger partial charge >= 0.3 is 0 Å². The minimum Gasteiger partial charge on any atom is -0.327 e. The molecule has 1 atom stereocenters. The summed E-state index contributed by atoms with van der Waals surface area (Å²) >= 11 is 0. The predicted molar refractivity (Wildman–Crippen MR) is 101 cm³/mol. The molecule has 1 aliphatic rings. The van der Waals surface area contributed by atoms with Gasteiger partial charge in [0, 0.05) is 18.0 Å². The van der Waals surface area contributed by atoms with Crippen molar-refractivity contribution in [2.45, 2.75) is 31.2 Å². The molecule has 0 spiro atoms. The highest BCUT2D eigenvalue weighted by Gasteiger charge is 2.33. The lowest BCUT2D eigenvalue weighted by Crippen LogP contribution is -2.55. The molecule has 6 nitrogen and oxygen atoms in total. The maximum atomic E-state index is 12.6. The molecule has 140 valence electrons. The molecule has 1 saturated heterocycles. The summed E-state index contributed by atoms with van der Waals surface area (Å²) in [5, 5.41) is 2.71. The van der Waals surface area contributed by atoms with Gasteiger partial charge in [0.25, 0.3) is 0 Å². The first kappa shape index (κ1) is 19.9. The first-order chi connectivity index (χ1) is 12.1. The van der Waals surface area contributed by atoms with Crippen molar-refractivity contribution in [3.8, 4) is 0 Å². The van der Waals surface area contributed by atoms with E-state index in [9.17, 15) is 18.0 Å². The number of hydrogen-bond donors (Lipinski definition) is 1. The van der Waals surface area contributed by atoms with E-state index in [-0.39, 0.29) is 29.2 Å². The Labute approximate surface area is 154 Å². The smallest absolute Gasteiger partial charge is 0.247 e. The van der Waals surface area contributed by atoms with Gasteiger partial charge in [0.1, 0.15) is 6.04 Å². The van der Waals surface area contributed by atoms with Crippen LogP contribution in [-0.2, 0) is 19.4 Å². The van der Waals surface area contributed by atoms with Crippen molar-refractivity contribution >= 4 is 27.7 Å². The first-order valence-corrected chi connectivity index (χ1v) is 10.2. The van der Waals surface area contributed by atoms with Gasteiger partial charge in [-0.15, -0.1) is 0 Å². The molecular weight excluding hydrogens is 352 g/mol. The van der Waals surface area contributed by atoms with E-state index in [1.165, 1.54) is 23.1 Å². The van der Waals surface area contributed by atoms with Crippen molar-refractivity contribution in [3.63, 3.8) is 0 Å². The van der Waals surface area contributed by atoms with Crippen molar-refractivity contribution in [2.24, 2.45) is 5.92 Å². The summed E-state index contributed by atoms with van der Waals surface area (Å²) < 4.78 is 23.0. The van der Waals surface area contributed by atoms with Gasteiger partial charge in [-0.25, -0.2) is 8.42 Å². The number of carbonyl (C=O) groups excluding carboxylic acids is 2. The number of hydrogen-bond acceptors (Lipinski definition) is 4. The average molecular weight is 376 g/mol. The van der Waals surface area contributed by atoms with Crippen LogP contribution in [0.1, 0.15) is 25.8 Å². The summed E-state index contributed by atoms with van der Waals surface area (Å²) in [6.45, 7) is 8.03. The molecule has 1 N–H and O–H groups in total. The molecule has 1 fully saturated rings. The predicted octanol–water partition coefficient (Wildman–Crippen LogP) is 1.99. The molecule has 0 saturated carbocycles. The molecule has 1 aromatic rings. The first-order valence-electron chi connectivity index (χ1n) is 8.35. The average Bonchev–Trinajstić information content (AvgIpc) is 2.54. The van der Waals surface area contributed by atoms with Crippen molar-refractivity contribution in [1.82, 2.24) is 10.2 Å². The fraction of sp³-hybridized carbons (Fsp3) is 0.368. The van der Waals surface area contributed by atoms with Crippen LogP contribution in [0.3, 0.4) is 0 Å². The van der Waals surface area contributed by atoms with Crippen molar-refractivity contribution in [2.75, 3.05) is 12.8 Å². The maximum absolute atomic E-state index is 12.6. The number of rotatable bonds is 5.